The maximum atomic E-state index is 13.1. The first-order valence-corrected chi connectivity index (χ1v) is 10.5. The molecule has 0 bridgehead atoms. The van der Waals surface area contributed by atoms with E-state index in [1.165, 1.54) is 0 Å². The summed E-state index contributed by atoms with van der Waals surface area (Å²) in [5, 5.41) is 3.07. The SMILES string of the molecule is O=C(CN1CCCC[C@H]1C(=O)Nc1cccc(-c2ccccc2)c1)c1ccccc1. The van der Waals surface area contributed by atoms with Crippen LogP contribution < -0.4 is 5.32 Å². The Morgan fingerprint density at radius 3 is 2.30 bits per heavy atom. The number of Topliss-reactive ketones (excluding diaryl/α,β-unsaturated/α-hetero) is 1. The number of carbonyl (C=O) groups excluding carboxylic acids is 2. The van der Waals surface area contributed by atoms with Crippen LogP contribution in [0.2, 0.25) is 0 Å². The van der Waals surface area contributed by atoms with Crippen molar-refractivity contribution in [3.8, 4) is 11.1 Å². The summed E-state index contributed by atoms with van der Waals surface area (Å²) in [5.41, 5.74) is 3.65. The molecule has 0 saturated carbocycles. The molecule has 0 radical (unpaired) electrons. The summed E-state index contributed by atoms with van der Waals surface area (Å²) in [6.07, 6.45) is 2.78. The van der Waals surface area contributed by atoms with Gasteiger partial charge in [-0.1, -0.05) is 79.2 Å². The number of piperidine rings is 1. The van der Waals surface area contributed by atoms with Crippen LogP contribution in [-0.2, 0) is 4.79 Å². The van der Waals surface area contributed by atoms with E-state index in [9.17, 15) is 9.59 Å². The van der Waals surface area contributed by atoms with E-state index in [1.54, 1.807) is 0 Å². The number of likely N-dealkylation sites (tertiary alicyclic amines) is 1. The molecule has 3 aromatic carbocycles. The van der Waals surface area contributed by atoms with Gasteiger partial charge in [0.2, 0.25) is 5.91 Å². The molecule has 0 spiro atoms. The molecule has 1 aliphatic heterocycles. The summed E-state index contributed by atoms with van der Waals surface area (Å²) in [6.45, 7) is 1.03. The van der Waals surface area contributed by atoms with Gasteiger partial charge in [0, 0.05) is 11.3 Å². The zero-order valence-electron chi connectivity index (χ0n) is 17.0. The molecule has 4 heteroatoms. The number of nitrogens with zero attached hydrogens (tertiary/aromatic N) is 1. The molecule has 152 valence electrons. The van der Waals surface area contributed by atoms with Gasteiger partial charge in [0.05, 0.1) is 12.6 Å². The Balaban J connectivity index is 1.45. The van der Waals surface area contributed by atoms with Crippen LogP contribution >= 0.6 is 0 Å². The first kappa shape index (κ1) is 20.0. The number of anilines is 1. The van der Waals surface area contributed by atoms with Crippen molar-refractivity contribution in [2.75, 3.05) is 18.4 Å². The van der Waals surface area contributed by atoms with Crippen LogP contribution in [0.15, 0.2) is 84.9 Å². The summed E-state index contributed by atoms with van der Waals surface area (Å²) in [7, 11) is 0. The zero-order chi connectivity index (χ0) is 20.8. The molecule has 1 amide bonds. The third kappa shape index (κ3) is 4.84. The van der Waals surface area contributed by atoms with Crippen LogP contribution in [0.3, 0.4) is 0 Å². The molecule has 1 atom stereocenters. The van der Waals surface area contributed by atoms with E-state index in [0.717, 1.165) is 42.6 Å². The molecule has 3 aromatic rings. The Hall–Kier alpha value is -3.24. The lowest BCUT2D eigenvalue weighted by atomic mass is 9.99. The van der Waals surface area contributed by atoms with Crippen molar-refractivity contribution in [1.29, 1.82) is 0 Å². The Bertz CT molecular complexity index is 1000. The molecule has 1 heterocycles. The van der Waals surface area contributed by atoms with Crippen molar-refractivity contribution in [2.45, 2.75) is 25.3 Å². The van der Waals surface area contributed by atoms with Crippen LogP contribution in [0.4, 0.5) is 5.69 Å². The topological polar surface area (TPSA) is 49.4 Å². The van der Waals surface area contributed by atoms with Gasteiger partial charge in [-0.2, -0.15) is 0 Å². The fourth-order valence-corrected chi connectivity index (χ4v) is 4.01. The smallest absolute Gasteiger partial charge is 0.241 e. The molecule has 1 saturated heterocycles. The van der Waals surface area contributed by atoms with Crippen molar-refractivity contribution in [1.82, 2.24) is 4.90 Å². The Morgan fingerprint density at radius 2 is 1.53 bits per heavy atom. The highest BCUT2D eigenvalue weighted by Gasteiger charge is 2.30. The number of rotatable bonds is 6. The van der Waals surface area contributed by atoms with E-state index < -0.39 is 0 Å². The van der Waals surface area contributed by atoms with E-state index in [-0.39, 0.29) is 24.3 Å². The van der Waals surface area contributed by atoms with Gasteiger partial charge in [-0.25, -0.2) is 0 Å². The number of nitrogens with one attached hydrogen (secondary N) is 1. The van der Waals surface area contributed by atoms with Gasteiger partial charge in [-0.3, -0.25) is 14.5 Å². The van der Waals surface area contributed by atoms with Gasteiger partial charge >= 0.3 is 0 Å². The van der Waals surface area contributed by atoms with E-state index in [0.29, 0.717) is 5.56 Å². The summed E-state index contributed by atoms with van der Waals surface area (Å²) < 4.78 is 0. The molecule has 0 aliphatic carbocycles. The Labute approximate surface area is 177 Å². The Morgan fingerprint density at radius 1 is 0.833 bits per heavy atom. The lowest BCUT2D eigenvalue weighted by Gasteiger charge is -2.34. The summed E-state index contributed by atoms with van der Waals surface area (Å²) in [6, 6.07) is 27.0. The van der Waals surface area contributed by atoms with Gasteiger partial charge in [-0.15, -0.1) is 0 Å². The van der Waals surface area contributed by atoms with Gasteiger partial charge in [0.25, 0.3) is 0 Å². The monoisotopic (exact) mass is 398 g/mol. The van der Waals surface area contributed by atoms with Crippen molar-refractivity contribution in [3.63, 3.8) is 0 Å². The van der Waals surface area contributed by atoms with Crippen molar-refractivity contribution < 1.29 is 9.59 Å². The fourth-order valence-electron chi connectivity index (χ4n) is 4.01. The second kappa shape index (κ2) is 9.51. The largest absolute Gasteiger partial charge is 0.325 e. The standard InChI is InChI=1S/C26H26N2O2/c29-25(21-12-5-2-6-13-21)19-28-17-8-7-16-24(28)26(30)27-23-15-9-14-22(18-23)20-10-3-1-4-11-20/h1-6,9-15,18,24H,7-8,16-17,19H2,(H,27,30)/t24-/m0/s1. The average molecular weight is 399 g/mol. The predicted molar refractivity (Wildman–Crippen MR) is 120 cm³/mol. The van der Waals surface area contributed by atoms with Gasteiger partial charge in [0.15, 0.2) is 5.78 Å². The zero-order valence-corrected chi connectivity index (χ0v) is 17.0. The maximum absolute atomic E-state index is 13.1. The summed E-state index contributed by atoms with van der Waals surface area (Å²) >= 11 is 0. The van der Waals surface area contributed by atoms with Crippen LogP contribution in [0.5, 0.6) is 0 Å². The quantitative estimate of drug-likeness (QED) is 0.593. The number of ketones is 1. The van der Waals surface area contributed by atoms with Crippen LogP contribution in [0, 0.1) is 0 Å². The van der Waals surface area contributed by atoms with Crippen molar-refractivity contribution in [3.05, 3.63) is 90.5 Å². The van der Waals surface area contributed by atoms with Crippen molar-refractivity contribution >= 4 is 17.4 Å². The third-order valence-corrected chi connectivity index (χ3v) is 5.60. The normalized spacial score (nSPS) is 16.7. The molecule has 1 fully saturated rings. The molecule has 0 unspecified atom stereocenters. The minimum absolute atomic E-state index is 0.0410. The van der Waals surface area contributed by atoms with Crippen LogP contribution in [0.25, 0.3) is 11.1 Å². The highest BCUT2D eigenvalue weighted by molar-refractivity contribution is 5.99. The summed E-state index contributed by atoms with van der Waals surface area (Å²) in [5.74, 6) is 0.0159. The molecule has 1 N–H and O–H groups in total. The maximum Gasteiger partial charge on any atom is 0.241 e. The molecule has 30 heavy (non-hydrogen) atoms. The van der Waals surface area contributed by atoms with Crippen LogP contribution in [0.1, 0.15) is 29.6 Å². The number of benzene rings is 3. The molecule has 0 aromatic heterocycles. The average Bonchev–Trinajstić information content (AvgIpc) is 2.81. The minimum Gasteiger partial charge on any atom is -0.325 e. The van der Waals surface area contributed by atoms with E-state index in [4.69, 9.17) is 0 Å². The second-order valence-electron chi connectivity index (χ2n) is 7.71. The molecule has 4 nitrogen and oxygen atoms in total. The predicted octanol–water partition coefficient (Wildman–Crippen LogP) is 5.03. The third-order valence-electron chi connectivity index (χ3n) is 5.60. The lowest BCUT2D eigenvalue weighted by Crippen LogP contribution is -2.49. The minimum atomic E-state index is -0.285. The summed E-state index contributed by atoms with van der Waals surface area (Å²) in [4.78, 5) is 27.8. The lowest BCUT2D eigenvalue weighted by molar-refractivity contribution is -0.122. The number of hydrogen-bond acceptors (Lipinski definition) is 3. The first-order chi connectivity index (χ1) is 14.7. The first-order valence-electron chi connectivity index (χ1n) is 10.5. The molecule has 1 aliphatic rings. The second-order valence-corrected chi connectivity index (χ2v) is 7.71. The van der Waals surface area contributed by atoms with E-state index in [1.807, 2.05) is 77.7 Å². The highest BCUT2D eigenvalue weighted by atomic mass is 16.2. The van der Waals surface area contributed by atoms with E-state index in [2.05, 4.69) is 17.4 Å². The van der Waals surface area contributed by atoms with E-state index >= 15 is 0 Å². The molecular weight excluding hydrogens is 372 g/mol. The number of carbonyl (C=O) groups is 2. The van der Waals surface area contributed by atoms with Gasteiger partial charge in [-0.05, 0) is 42.6 Å². The van der Waals surface area contributed by atoms with Crippen molar-refractivity contribution in [2.24, 2.45) is 0 Å². The molecule has 4 rings (SSSR count). The Kier molecular flexibility index (Phi) is 6.35. The fraction of sp³-hybridized carbons (Fsp3) is 0.231. The molecular formula is C26H26N2O2. The number of hydrogen-bond donors (Lipinski definition) is 1. The van der Waals surface area contributed by atoms with Crippen LogP contribution in [-0.4, -0.2) is 35.7 Å². The van der Waals surface area contributed by atoms with Gasteiger partial charge in [0.1, 0.15) is 0 Å². The van der Waals surface area contributed by atoms with Gasteiger partial charge < -0.3 is 5.32 Å². The highest BCUT2D eigenvalue weighted by Crippen LogP contribution is 2.24. The number of amides is 1.